The van der Waals surface area contributed by atoms with Crippen molar-refractivity contribution in [2.75, 3.05) is 33.4 Å². The predicted molar refractivity (Wildman–Crippen MR) is 126 cm³/mol. The highest BCUT2D eigenvalue weighted by Gasteiger charge is 2.54. The Balaban J connectivity index is 1.15. The van der Waals surface area contributed by atoms with Crippen LogP contribution >= 0.6 is 0 Å². The minimum Gasteiger partial charge on any atom is -0.389 e. The number of hydrogen-bond acceptors (Lipinski definition) is 7. The number of rotatable bonds is 8. The van der Waals surface area contributed by atoms with Gasteiger partial charge in [-0.25, -0.2) is 4.98 Å². The van der Waals surface area contributed by atoms with Crippen LogP contribution in [-0.2, 0) is 11.3 Å². The molecule has 1 aliphatic heterocycles. The smallest absolute Gasteiger partial charge is 0.167 e. The molecule has 2 aromatic heterocycles. The van der Waals surface area contributed by atoms with Gasteiger partial charge in [-0.05, 0) is 43.0 Å². The topological polar surface area (TPSA) is 96.8 Å². The molecule has 5 rings (SSSR count). The zero-order valence-electron chi connectivity index (χ0n) is 19.5. The van der Waals surface area contributed by atoms with E-state index in [2.05, 4.69) is 26.9 Å². The van der Waals surface area contributed by atoms with Crippen molar-refractivity contribution in [3.8, 4) is 23.2 Å². The average molecular weight is 463 g/mol. The van der Waals surface area contributed by atoms with Crippen LogP contribution in [0.3, 0.4) is 0 Å². The van der Waals surface area contributed by atoms with Crippen LogP contribution in [0.1, 0.15) is 30.1 Å². The van der Waals surface area contributed by atoms with Gasteiger partial charge in [0, 0.05) is 62.2 Å². The lowest BCUT2D eigenvalue weighted by Gasteiger charge is -2.21. The summed E-state index contributed by atoms with van der Waals surface area (Å²) in [4.78, 5) is 6.50. The number of fused-ring (bicyclic) bond motifs is 1. The van der Waals surface area contributed by atoms with Crippen molar-refractivity contribution in [3.05, 3.63) is 59.8 Å². The molecule has 8 heteroatoms. The minimum atomic E-state index is -0.641. The summed E-state index contributed by atoms with van der Waals surface area (Å²) in [7, 11) is 1.61. The third kappa shape index (κ3) is 4.93. The van der Waals surface area contributed by atoms with Gasteiger partial charge >= 0.3 is 0 Å². The fraction of sp³-hybridized carbons (Fsp3) is 0.462. The average Bonchev–Trinajstić information content (AvgIpc) is 3.30. The summed E-state index contributed by atoms with van der Waals surface area (Å²) in [6.45, 7) is 5.26. The highest BCUT2D eigenvalue weighted by molar-refractivity contribution is 5.59. The Morgan fingerprint density at radius 3 is 2.68 bits per heavy atom. The number of nitrogens with zero attached hydrogens (tertiary/aromatic N) is 4. The number of piperidine rings is 1. The number of aliphatic hydroxyl groups excluding tert-OH is 2. The van der Waals surface area contributed by atoms with Crippen LogP contribution < -0.4 is 0 Å². The van der Waals surface area contributed by atoms with Crippen molar-refractivity contribution in [1.29, 1.82) is 0 Å². The van der Waals surface area contributed by atoms with Gasteiger partial charge in [0.2, 0.25) is 0 Å². The van der Waals surface area contributed by atoms with Gasteiger partial charge in [0.1, 0.15) is 17.6 Å². The van der Waals surface area contributed by atoms with Gasteiger partial charge in [-0.2, -0.15) is 0 Å². The first kappa shape index (κ1) is 22.8. The standard InChI is InChI=1S/C26H30N4O4/c1-17(31)26-27-9-10-30(26)12-20-11-25(34-28-20)19-6-3-18(4-7-19)5-8-22-23-14-29(15-24(22)23)13-21(32)16-33-2/h3-4,6-7,9-11,17,21-24,31-32H,12-16H2,1-2H3/t17-,21?,22-,23-,24+/m0/s1. The number of aliphatic hydroxyl groups is 2. The van der Waals surface area contributed by atoms with Gasteiger partial charge < -0.3 is 28.9 Å². The van der Waals surface area contributed by atoms with E-state index in [4.69, 9.17) is 9.26 Å². The summed E-state index contributed by atoms with van der Waals surface area (Å²) in [6.07, 6.45) is 2.43. The number of β-amino-alcohol motifs (C(OH)–C–C–N with tert-alkyl or cyclic N) is 1. The molecule has 34 heavy (non-hydrogen) atoms. The molecule has 1 unspecified atom stereocenters. The van der Waals surface area contributed by atoms with Crippen LogP contribution in [0.25, 0.3) is 11.3 Å². The van der Waals surface area contributed by atoms with Gasteiger partial charge in [0.15, 0.2) is 5.76 Å². The van der Waals surface area contributed by atoms with E-state index in [9.17, 15) is 10.2 Å². The molecule has 1 aromatic carbocycles. The zero-order chi connectivity index (χ0) is 23.7. The molecular weight excluding hydrogens is 432 g/mol. The fourth-order valence-corrected chi connectivity index (χ4v) is 4.92. The number of benzene rings is 1. The number of likely N-dealkylation sites (tertiary alicyclic amines) is 1. The lowest BCUT2D eigenvalue weighted by atomic mass is 10.1. The molecule has 3 heterocycles. The number of aromatic nitrogens is 3. The summed E-state index contributed by atoms with van der Waals surface area (Å²) >= 11 is 0. The maximum Gasteiger partial charge on any atom is 0.167 e. The molecule has 1 aliphatic carbocycles. The van der Waals surface area contributed by atoms with E-state index in [1.54, 1.807) is 20.2 Å². The van der Waals surface area contributed by atoms with Crippen molar-refractivity contribution in [2.45, 2.75) is 25.7 Å². The normalized spacial score (nSPS) is 23.2. The first-order valence-electron chi connectivity index (χ1n) is 11.7. The molecule has 3 aromatic rings. The van der Waals surface area contributed by atoms with Crippen molar-refractivity contribution in [2.24, 2.45) is 17.8 Å². The Kier molecular flexibility index (Phi) is 6.53. The lowest BCUT2D eigenvalue weighted by Crippen LogP contribution is -2.35. The van der Waals surface area contributed by atoms with Crippen molar-refractivity contribution < 1.29 is 19.5 Å². The Hall–Kier alpha value is -2.96. The molecule has 0 radical (unpaired) electrons. The van der Waals surface area contributed by atoms with Crippen LogP contribution in [0.5, 0.6) is 0 Å². The molecule has 1 saturated heterocycles. The summed E-state index contributed by atoms with van der Waals surface area (Å²) in [5.41, 5.74) is 2.70. The second kappa shape index (κ2) is 9.72. The Morgan fingerprint density at radius 2 is 1.97 bits per heavy atom. The molecule has 0 amide bonds. The quantitative estimate of drug-likeness (QED) is 0.495. The Bertz CT molecular complexity index is 1160. The van der Waals surface area contributed by atoms with Gasteiger partial charge in [0.05, 0.1) is 19.3 Å². The Morgan fingerprint density at radius 1 is 1.21 bits per heavy atom. The van der Waals surface area contributed by atoms with Crippen molar-refractivity contribution in [3.63, 3.8) is 0 Å². The SMILES string of the molecule is COCC(O)CN1C[C@@H]2[C@@H](C#Cc3ccc(-c4cc(Cn5ccnc5[C@H](C)O)no4)cc3)[C@@H]2C1. The second-order valence-electron chi connectivity index (χ2n) is 9.30. The highest BCUT2D eigenvalue weighted by Crippen LogP contribution is 2.51. The highest BCUT2D eigenvalue weighted by atomic mass is 16.5. The van der Waals surface area contributed by atoms with Crippen molar-refractivity contribution in [1.82, 2.24) is 19.6 Å². The molecule has 5 atom stereocenters. The summed E-state index contributed by atoms with van der Waals surface area (Å²) < 4.78 is 12.4. The van der Waals surface area contributed by atoms with Gasteiger partial charge in [-0.15, -0.1) is 0 Å². The predicted octanol–water partition coefficient (Wildman–Crippen LogP) is 2.18. The van der Waals surface area contributed by atoms with Crippen LogP contribution in [0.15, 0.2) is 47.2 Å². The van der Waals surface area contributed by atoms with Crippen LogP contribution in [-0.4, -0.2) is 69.3 Å². The van der Waals surface area contributed by atoms with Gasteiger partial charge in [-0.1, -0.05) is 17.0 Å². The molecule has 1 saturated carbocycles. The van der Waals surface area contributed by atoms with Crippen LogP contribution in [0.2, 0.25) is 0 Å². The largest absolute Gasteiger partial charge is 0.389 e. The van der Waals surface area contributed by atoms with E-state index in [1.165, 1.54) is 0 Å². The Labute approximate surface area is 199 Å². The summed E-state index contributed by atoms with van der Waals surface area (Å²) in [6, 6.07) is 9.93. The third-order valence-corrected chi connectivity index (χ3v) is 6.66. The van der Waals surface area contributed by atoms with E-state index in [0.717, 1.165) is 29.9 Å². The van der Waals surface area contributed by atoms with E-state index in [-0.39, 0.29) is 0 Å². The van der Waals surface area contributed by atoms with Gasteiger partial charge in [-0.3, -0.25) is 0 Å². The molecule has 178 valence electrons. The minimum absolute atomic E-state index is 0.384. The summed E-state index contributed by atoms with van der Waals surface area (Å²) in [5, 5.41) is 23.9. The van der Waals surface area contributed by atoms with Gasteiger partial charge in [0.25, 0.3) is 0 Å². The molecule has 2 fully saturated rings. The maximum absolute atomic E-state index is 9.90. The number of methoxy groups -OCH3 is 1. The zero-order valence-corrected chi connectivity index (χ0v) is 19.5. The number of imidazole rings is 1. The molecule has 8 nitrogen and oxygen atoms in total. The fourth-order valence-electron chi connectivity index (χ4n) is 4.92. The molecule has 0 bridgehead atoms. The molecule has 0 spiro atoms. The number of ether oxygens (including phenoxy) is 1. The monoisotopic (exact) mass is 462 g/mol. The summed E-state index contributed by atoms with van der Waals surface area (Å²) in [5.74, 6) is 9.78. The molecule has 2 N–H and O–H groups in total. The van der Waals surface area contributed by atoms with Crippen LogP contribution in [0, 0.1) is 29.6 Å². The second-order valence-corrected chi connectivity index (χ2v) is 9.30. The van der Waals surface area contributed by atoms with E-state index in [1.807, 2.05) is 41.1 Å². The molecule has 2 aliphatic rings. The van der Waals surface area contributed by atoms with Crippen LogP contribution in [0.4, 0.5) is 0 Å². The first-order valence-corrected chi connectivity index (χ1v) is 11.7. The van der Waals surface area contributed by atoms with Crippen molar-refractivity contribution >= 4 is 0 Å². The maximum atomic E-state index is 9.90. The first-order chi connectivity index (χ1) is 16.5. The van der Waals surface area contributed by atoms with E-state index >= 15 is 0 Å². The van der Waals surface area contributed by atoms with E-state index in [0.29, 0.717) is 49.0 Å². The number of hydrogen-bond donors (Lipinski definition) is 2. The third-order valence-electron chi connectivity index (χ3n) is 6.66. The van der Waals surface area contributed by atoms with E-state index < -0.39 is 12.2 Å². The molecular formula is C26H30N4O4. The lowest BCUT2D eigenvalue weighted by molar-refractivity contribution is 0.0400.